The van der Waals surface area contributed by atoms with E-state index < -0.39 is 6.61 Å². The Hall–Kier alpha value is -1.36. The minimum absolute atomic E-state index is 0. The maximum Gasteiger partial charge on any atom is 0.387 e. The number of hydrogen-bond donors (Lipinski definition) is 2. The second-order valence-electron chi connectivity index (χ2n) is 5.98. The zero-order valence-electron chi connectivity index (χ0n) is 16.6. The average molecular weight is 500 g/mol. The summed E-state index contributed by atoms with van der Waals surface area (Å²) < 4.78 is 35.6. The molecule has 0 aliphatic carbocycles. The number of ether oxygens (including phenoxy) is 2. The highest BCUT2D eigenvalue weighted by Gasteiger charge is 2.16. The van der Waals surface area contributed by atoms with Crippen LogP contribution < -0.4 is 20.1 Å². The molecule has 1 aromatic rings. The zero-order chi connectivity index (χ0) is 19.5. The summed E-state index contributed by atoms with van der Waals surface area (Å²) in [5, 5.41) is 6.31. The lowest BCUT2D eigenvalue weighted by Crippen LogP contribution is -2.41. The fourth-order valence-corrected chi connectivity index (χ4v) is 2.20. The summed E-state index contributed by atoms with van der Waals surface area (Å²) in [6, 6.07) is 5.53. The fourth-order valence-electron chi connectivity index (χ4n) is 2.20. The third-order valence-corrected chi connectivity index (χ3v) is 3.88. The SMILES string of the molecule is CCOc1cccc(CNC(=NC)NCCN(C)C(C)C)c1OC(F)F.I. The fraction of sp³-hybridized carbons (Fsp3) is 0.611. The highest BCUT2D eigenvalue weighted by atomic mass is 127. The predicted octanol–water partition coefficient (Wildman–Crippen LogP) is 3.31. The van der Waals surface area contributed by atoms with Crippen molar-refractivity contribution in [1.82, 2.24) is 15.5 Å². The van der Waals surface area contributed by atoms with E-state index in [0.717, 1.165) is 6.54 Å². The molecule has 156 valence electrons. The molecule has 0 unspecified atom stereocenters. The number of benzene rings is 1. The third kappa shape index (κ3) is 9.41. The molecular formula is C18H31F2IN4O2. The van der Waals surface area contributed by atoms with Crippen LogP contribution >= 0.6 is 24.0 Å². The number of likely N-dealkylation sites (N-methyl/N-ethyl adjacent to an activating group) is 1. The second kappa shape index (κ2) is 13.8. The molecule has 6 nitrogen and oxygen atoms in total. The van der Waals surface area contributed by atoms with Gasteiger partial charge in [-0.2, -0.15) is 8.78 Å². The van der Waals surface area contributed by atoms with Gasteiger partial charge in [0.15, 0.2) is 17.5 Å². The molecule has 0 fully saturated rings. The molecule has 1 aromatic carbocycles. The van der Waals surface area contributed by atoms with Crippen LogP contribution in [-0.4, -0.2) is 57.3 Å². The number of aliphatic imine (C=N–C) groups is 1. The van der Waals surface area contributed by atoms with Crippen LogP contribution in [0.25, 0.3) is 0 Å². The summed E-state index contributed by atoms with van der Waals surface area (Å²) in [6.07, 6.45) is 0. The normalized spacial score (nSPS) is 11.6. The van der Waals surface area contributed by atoms with Crippen LogP contribution in [0.3, 0.4) is 0 Å². The summed E-state index contributed by atoms with van der Waals surface area (Å²) in [7, 11) is 3.71. The van der Waals surface area contributed by atoms with Gasteiger partial charge in [0, 0.05) is 38.3 Å². The van der Waals surface area contributed by atoms with Gasteiger partial charge in [0.1, 0.15) is 0 Å². The molecule has 0 heterocycles. The Morgan fingerprint density at radius 2 is 1.96 bits per heavy atom. The van der Waals surface area contributed by atoms with E-state index in [9.17, 15) is 8.78 Å². The van der Waals surface area contributed by atoms with Crippen LogP contribution in [-0.2, 0) is 6.54 Å². The maximum atomic E-state index is 12.8. The van der Waals surface area contributed by atoms with Gasteiger partial charge >= 0.3 is 6.61 Å². The molecule has 1 rings (SSSR count). The number of alkyl halides is 2. The molecule has 0 aliphatic heterocycles. The van der Waals surface area contributed by atoms with Gasteiger partial charge in [-0.15, -0.1) is 24.0 Å². The van der Waals surface area contributed by atoms with E-state index in [2.05, 4.69) is 46.2 Å². The van der Waals surface area contributed by atoms with E-state index in [0.29, 0.717) is 36.5 Å². The quantitative estimate of drug-likeness (QED) is 0.294. The van der Waals surface area contributed by atoms with Gasteiger partial charge in [0.2, 0.25) is 0 Å². The van der Waals surface area contributed by atoms with Crippen LogP contribution in [0.4, 0.5) is 8.78 Å². The van der Waals surface area contributed by atoms with Crippen molar-refractivity contribution in [3.63, 3.8) is 0 Å². The first kappa shape index (κ1) is 25.6. The van der Waals surface area contributed by atoms with Crippen molar-refractivity contribution in [1.29, 1.82) is 0 Å². The molecule has 27 heavy (non-hydrogen) atoms. The van der Waals surface area contributed by atoms with Gasteiger partial charge in [0.05, 0.1) is 6.61 Å². The predicted molar refractivity (Wildman–Crippen MR) is 116 cm³/mol. The van der Waals surface area contributed by atoms with Gasteiger partial charge in [-0.3, -0.25) is 4.99 Å². The van der Waals surface area contributed by atoms with E-state index >= 15 is 0 Å². The first-order chi connectivity index (χ1) is 12.4. The van der Waals surface area contributed by atoms with E-state index in [-0.39, 0.29) is 36.3 Å². The van der Waals surface area contributed by atoms with E-state index in [1.807, 2.05) is 0 Å². The zero-order valence-corrected chi connectivity index (χ0v) is 18.9. The molecule has 0 saturated heterocycles. The van der Waals surface area contributed by atoms with Crippen LogP contribution in [0.5, 0.6) is 11.5 Å². The van der Waals surface area contributed by atoms with Gasteiger partial charge in [-0.1, -0.05) is 12.1 Å². The van der Waals surface area contributed by atoms with Crippen LogP contribution in [0.15, 0.2) is 23.2 Å². The molecule has 0 amide bonds. The number of hydrogen-bond acceptors (Lipinski definition) is 4. The molecule has 0 aromatic heterocycles. The number of nitrogens with one attached hydrogen (secondary N) is 2. The number of nitrogens with zero attached hydrogens (tertiary/aromatic N) is 2. The van der Waals surface area contributed by atoms with Crippen LogP contribution in [0.1, 0.15) is 26.3 Å². The van der Waals surface area contributed by atoms with Crippen molar-refractivity contribution in [2.45, 2.75) is 40.0 Å². The average Bonchev–Trinajstić information content (AvgIpc) is 2.59. The Labute approximate surface area is 177 Å². The monoisotopic (exact) mass is 500 g/mol. The Balaban J connectivity index is 0.00000676. The summed E-state index contributed by atoms with van der Waals surface area (Å²) in [4.78, 5) is 6.36. The Morgan fingerprint density at radius 1 is 1.26 bits per heavy atom. The molecular weight excluding hydrogens is 469 g/mol. The number of rotatable bonds is 10. The lowest BCUT2D eigenvalue weighted by Gasteiger charge is -2.22. The molecule has 9 heteroatoms. The van der Waals surface area contributed by atoms with Crippen molar-refractivity contribution >= 4 is 29.9 Å². The molecule has 0 bridgehead atoms. The van der Waals surface area contributed by atoms with Crippen molar-refractivity contribution in [3.05, 3.63) is 23.8 Å². The molecule has 0 radical (unpaired) electrons. The number of halogens is 3. The van der Waals surface area contributed by atoms with E-state index in [1.54, 1.807) is 32.2 Å². The van der Waals surface area contributed by atoms with Crippen molar-refractivity contribution in [2.24, 2.45) is 4.99 Å². The second-order valence-corrected chi connectivity index (χ2v) is 5.98. The largest absolute Gasteiger partial charge is 0.490 e. The van der Waals surface area contributed by atoms with Crippen molar-refractivity contribution in [3.8, 4) is 11.5 Å². The smallest absolute Gasteiger partial charge is 0.387 e. The highest BCUT2D eigenvalue weighted by Crippen LogP contribution is 2.32. The van der Waals surface area contributed by atoms with Crippen molar-refractivity contribution in [2.75, 3.05) is 33.8 Å². The first-order valence-corrected chi connectivity index (χ1v) is 8.73. The van der Waals surface area contributed by atoms with E-state index in [4.69, 9.17) is 4.74 Å². The maximum absolute atomic E-state index is 12.8. The van der Waals surface area contributed by atoms with E-state index in [1.165, 1.54) is 0 Å². The van der Waals surface area contributed by atoms with Gasteiger partial charge in [-0.25, -0.2) is 0 Å². The first-order valence-electron chi connectivity index (χ1n) is 8.73. The standard InChI is InChI=1S/C18H30F2N4O2.HI/c1-6-25-15-9-7-8-14(16(15)26-17(19)20)12-23-18(21-4)22-10-11-24(5)13(2)3;/h7-9,13,17H,6,10-12H2,1-5H3,(H2,21,22,23);1H. The summed E-state index contributed by atoms with van der Waals surface area (Å²) in [5.41, 5.74) is 0.568. The van der Waals surface area contributed by atoms with Gasteiger partial charge in [0.25, 0.3) is 0 Å². The number of para-hydroxylation sites is 1. The summed E-state index contributed by atoms with van der Waals surface area (Å²) >= 11 is 0. The Morgan fingerprint density at radius 3 is 2.52 bits per heavy atom. The Kier molecular flexibility index (Phi) is 13.1. The van der Waals surface area contributed by atoms with Gasteiger partial charge in [-0.05, 0) is 33.9 Å². The van der Waals surface area contributed by atoms with Crippen LogP contribution in [0, 0.1) is 0 Å². The topological polar surface area (TPSA) is 58.1 Å². The summed E-state index contributed by atoms with van der Waals surface area (Å²) in [6.45, 7) is 5.35. The molecule has 0 saturated carbocycles. The van der Waals surface area contributed by atoms with Crippen molar-refractivity contribution < 1.29 is 18.3 Å². The minimum Gasteiger partial charge on any atom is -0.490 e. The van der Waals surface area contributed by atoms with Crippen LogP contribution in [0.2, 0.25) is 0 Å². The molecule has 0 atom stereocenters. The summed E-state index contributed by atoms with van der Waals surface area (Å²) in [5.74, 6) is 0.937. The molecule has 0 aliphatic rings. The van der Waals surface area contributed by atoms with Gasteiger partial charge < -0.3 is 25.0 Å². The molecule has 0 spiro atoms. The lowest BCUT2D eigenvalue weighted by molar-refractivity contribution is -0.0520. The molecule has 2 N–H and O–H groups in total. The number of guanidine groups is 1. The lowest BCUT2D eigenvalue weighted by atomic mass is 10.2. The minimum atomic E-state index is -2.92. The third-order valence-electron chi connectivity index (χ3n) is 3.88. The highest BCUT2D eigenvalue weighted by molar-refractivity contribution is 14.0. The Bertz CT molecular complexity index is 574.